The summed E-state index contributed by atoms with van der Waals surface area (Å²) in [5.41, 5.74) is 4.55. The Balaban J connectivity index is 1.24. The van der Waals surface area contributed by atoms with E-state index in [1.54, 1.807) is 36.3 Å². The van der Waals surface area contributed by atoms with E-state index in [4.69, 9.17) is 4.74 Å². The van der Waals surface area contributed by atoms with Gasteiger partial charge in [-0.1, -0.05) is 60.2 Å². The van der Waals surface area contributed by atoms with Crippen LogP contribution in [0.1, 0.15) is 34.5 Å². The van der Waals surface area contributed by atoms with Gasteiger partial charge in [0.15, 0.2) is 5.82 Å². The third-order valence-corrected chi connectivity index (χ3v) is 7.61. The monoisotopic (exact) mass is 549 g/mol. The molecule has 0 N–H and O–H groups in total. The Bertz CT molecular complexity index is 1450. The lowest BCUT2D eigenvalue weighted by molar-refractivity contribution is -0.132. The fraction of sp³-hybridized carbons (Fsp3) is 0.273. The highest BCUT2D eigenvalue weighted by Crippen LogP contribution is 2.24. The van der Waals surface area contributed by atoms with Gasteiger partial charge in [0, 0.05) is 37.3 Å². The Hall–Kier alpha value is -4.72. The summed E-state index contributed by atoms with van der Waals surface area (Å²) >= 11 is 0. The molecule has 8 heteroatoms. The fourth-order valence-corrected chi connectivity index (χ4v) is 5.00. The number of ether oxygens (including phenoxy) is 1. The molecule has 8 nitrogen and oxygen atoms in total. The first-order valence-corrected chi connectivity index (χ1v) is 13.9. The SMILES string of the molecule is COc1ccc(C(=O)N(CC(=O)N2CCN(c3ccc(-c4ccc(C)cc4)nn3)CC2)[C@@H](C)c2ccccc2)cc1. The molecule has 1 aromatic heterocycles. The molecular formula is C33H35N5O3. The zero-order valence-corrected chi connectivity index (χ0v) is 23.7. The second-order valence-electron chi connectivity index (χ2n) is 10.3. The highest BCUT2D eigenvalue weighted by molar-refractivity contribution is 5.97. The molecule has 0 saturated carbocycles. The molecule has 41 heavy (non-hydrogen) atoms. The van der Waals surface area contributed by atoms with Crippen molar-refractivity contribution in [2.24, 2.45) is 0 Å². The van der Waals surface area contributed by atoms with Gasteiger partial charge in [0.1, 0.15) is 12.3 Å². The van der Waals surface area contributed by atoms with Crippen molar-refractivity contribution in [2.45, 2.75) is 19.9 Å². The number of aromatic nitrogens is 2. The van der Waals surface area contributed by atoms with E-state index in [9.17, 15) is 9.59 Å². The summed E-state index contributed by atoms with van der Waals surface area (Å²) in [6.07, 6.45) is 0. The van der Waals surface area contributed by atoms with Gasteiger partial charge in [0.05, 0.1) is 18.8 Å². The number of hydrogen-bond donors (Lipinski definition) is 0. The molecule has 5 rings (SSSR count). The summed E-state index contributed by atoms with van der Waals surface area (Å²) < 4.78 is 5.24. The maximum absolute atomic E-state index is 13.7. The van der Waals surface area contributed by atoms with Crippen LogP contribution in [0.4, 0.5) is 5.82 Å². The highest BCUT2D eigenvalue weighted by Gasteiger charge is 2.29. The second-order valence-corrected chi connectivity index (χ2v) is 10.3. The van der Waals surface area contributed by atoms with E-state index in [1.807, 2.05) is 66.4 Å². The lowest BCUT2D eigenvalue weighted by Gasteiger charge is -2.37. The van der Waals surface area contributed by atoms with Crippen LogP contribution in [-0.2, 0) is 4.79 Å². The Morgan fingerprint density at radius 3 is 2.15 bits per heavy atom. The summed E-state index contributed by atoms with van der Waals surface area (Å²) in [5.74, 6) is 1.20. The van der Waals surface area contributed by atoms with E-state index < -0.39 is 0 Å². The second kappa shape index (κ2) is 12.6. The molecule has 1 fully saturated rings. The summed E-state index contributed by atoms with van der Waals surface area (Å²) in [6.45, 7) is 6.39. The van der Waals surface area contributed by atoms with Crippen LogP contribution in [0, 0.1) is 6.92 Å². The number of anilines is 1. The summed E-state index contributed by atoms with van der Waals surface area (Å²) in [4.78, 5) is 32.8. The predicted octanol–water partition coefficient (Wildman–Crippen LogP) is 5.01. The summed E-state index contributed by atoms with van der Waals surface area (Å²) in [5, 5.41) is 8.89. The van der Waals surface area contributed by atoms with Gasteiger partial charge in [-0.3, -0.25) is 9.59 Å². The van der Waals surface area contributed by atoms with Gasteiger partial charge in [-0.2, -0.15) is 0 Å². The number of piperazine rings is 1. The molecule has 1 saturated heterocycles. The van der Waals surface area contributed by atoms with Gasteiger partial charge in [-0.15, -0.1) is 10.2 Å². The minimum atomic E-state index is -0.279. The Labute approximate surface area is 241 Å². The summed E-state index contributed by atoms with van der Waals surface area (Å²) in [7, 11) is 1.59. The zero-order chi connectivity index (χ0) is 28.8. The number of benzene rings is 3. The van der Waals surface area contributed by atoms with E-state index in [0.29, 0.717) is 37.5 Å². The fourth-order valence-electron chi connectivity index (χ4n) is 5.00. The van der Waals surface area contributed by atoms with Gasteiger partial charge in [-0.05, 0) is 55.8 Å². The minimum absolute atomic E-state index is 0.00796. The number of methoxy groups -OCH3 is 1. The molecule has 1 atom stereocenters. The molecule has 1 aliphatic heterocycles. The Kier molecular flexibility index (Phi) is 8.58. The molecule has 0 radical (unpaired) electrons. The molecule has 2 heterocycles. The standard InChI is InChI=1S/C33H35N5O3/c1-24-9-11-27(12-10-24)30-17-18-31(35-34-30)36-19-21-37(22-20-36)32(39)23-38(25(2)26-7-5-4-6-8-26)33(40)28-13-15-29(41-3)16-14-28/h4-18,25H,19-23H2,1-3H3/t25-/m0/s1. The number of carbonyl (C=O) groups excluding carboxylic acids is 2. The Morgan fingerprint density at radius 2 is 1.54 bits per heavy atom. The molecule has 0 spiro atoms. The zero-order valence-electron chi connectivity index (χ0n) is 23.7. The smallest absolute Gasteiger partial charge is 0.254 e. The number of aryl methyl sites for hydroxylation is 1. The van der Waals surface area contributed by atoms with Gasteiger partial charge < -0.3 is 19.4 Å². The van der Waals surface area contributed by atoms with E-state index in [-0.39, 0.29) is 24.4 Å². The van der Waals surface area contributed by atoms with Crippen LogP contribution in [0.25, 0.3) is 11.3 Å². The van der Waals surface area contributed by atoms with E-state index in [0.717, 1.165) is 22.6 Å². The van der Waals surface area contributed by atoms with Crippen molar-refractivity contribution < 1.29 is 14.3 Å². The van der Waals surface area contributed by atoms with E-state index in [2.05, 4.69) is 34.2 Å². The molecule has 0 aliphatic carbocycles. The van der Waals surface area contributed by atoms with Crippen LogP contribution in [-0.4, -0.2) is 71.6 Å². The first-order valence-electron chi connectivity index (χ1n) is 13.9. The van der Waals surface area contributed by atoms with Crippen molar-refractivity contribution in [1.82, 2.24) is 20.0 Å². The number of carbonyl (C=O) groups is 2. The maximum Gasteiger partial charge on any atom is 0.254 e. The van der Waals surface area contributed by atoms with Crippen LogP contribution in [0.15, 0.2) is 91.0 Å². The Morgan fingerprint density at radius 1 is 0.854 bits per heavy atom. The van der Waals surface area contributed by atoms with Gasteiger partial charge in [-0.25, -0.2) is 0 Å². The first-order chi connectivity index (χ1) is 19.9. The van der Waals surface area contributed by atoms with Crippen LogP contribution in [0.2, 0.25) is 0 Å². The van der Waals surface area contributed by atoms with Crippen LogP contribution in [0.5, 0.6) is 5.75 Å². The van der Waals surface area contributed by atoms with Crippen molar-refractivity contribution >= 4 is 17.6 Å². The molecule has 210 valence electrons. The molecule has 1 aliphatic rings. The number of amides is 2. The van der Waals surface area contributed by atoms with Crippen molar-refractivity contribution in [1.29, 1.82) is 0 Å². The number of hydrogen-bond acceptors (Lipinski definition) is 6. The number of nitrogens with zero attached hydrogens (tertiary/aromatic N) is 5. The molecular weight excluding hydrogens is 514 g/mol. The predicted molar refractivity (Wildman–Crippen MR) is 160 cm³/mol. The average molecular weight is 550 g/mol. The van der Waals surface area contributed by atoms with E-state index in [1.165, 1.54) is 5.56 Å². The molecule has 4 aromatic rings. The van der Waals surface area contributed by atoms with Crippen molar-refractivity contribution in [3.05, 3.63) is 108 Å². The van der Waals surface area contributed by atoms with Crippen LogP contribution >= 0.6 is 0 Å². The van der Waals surface area contributed by atoms with Crippen LogP contribution in [0.3, 0.4) is 0 Å². The van der Waals surface area contributed by atoms with Crippen molar-refractivity contribution in [2.75, 3.05) is 44.7 Å². The largest absolute Gasteiger partial charge is 0.497 e. The third kappa shape index (κ3) is 6.54. The van der Waals surface area contributed by atoms with Crippen molar-refractivity contribution in [3.63, 3.8) is 0 Å². The van der Waals surface area contributed by atoms with Gasteiger partial charge >= 0.3 is 0 Å². The van der Waals surface area contributed by atoms with Gasteiger partial charge in [0.2, 0.25) is 5.91 Å². The lowest BCUT2D eigenvalue weighted by Crippen LogP contribution is -2.52. The molecule has 2 amide bonds. The average Bonchev–Trinajstić information content (AvgIpc) is 3.04. The summed E-state index contributed by atoms with van der Waals surface area (Å²) in [6, 6.07) is 28.7. The maximum atomic E-state index is 13.7. The topological polar surface area (TPSA) is 78.9 Å². The lowest BCUT2D eigenvalue weighted by atomic mass is 10.1. The van der Waals surface area contributed by atoms with Gasteiger partial charge in [0.25, 0.3) is 5.91 Å². The normalized spacial score (nSPS) is 13.9. The van der Waals surface area contributed by atoms with Crippen LogP contribution < -0.4 is 9.64 Å². The number of rotatable bonds is 8. The molecule has 0 bridgehead atoms. The van der Waals surface area contributed by atoms with Crippen molar-refractivity contribution in [3.8, 4) is 17.0 Å². The molecule has 3 aromatic carbocycles. The molecule has 0 unspecified atom stereocenters. The quantitative estimate of drug-likeness (QED) is 0.307. The highest BCUT2D eigenvalue weighted by atomic mass is 16.5. The van der Waals surface area contributed by atoms with E-state index >= 15 is 0 Å². The third-order valence-electron chi connectivity index (χ3n) is 7.61. The first kappa shape index (κ1) is 27.8. The minimum Gasteiger partial charge on any atom is -0.497 e.